The van der Waals surface area contributed by atoms with E-state index in [0.717, 1.165) is 16.2 Å². The van der Waals surface area contributed by atoms with Gasteiger partial charge in [0.05, 0.1) is 10.6 Å². The third-order valence-electron chi connectivity index (χ3n) is 3.66. The molecule has 0 bridgehead atoms. The van der Waals surface area contributed by atoms with Gasteiger partial charge >= 0.3 is 18.9 Å². The second-order valence-corrected chi connectivity index (χ2v) is 7.89. The molecule has 0 aliphatic rings. The third kappa shape index (κ3) is 4.41. The second-order valence-electron chi connectivity index (χ2n) is 5.25. The van der Waals surface area contributed by atoms with Gasteiger partial charge in [-0.25, -0.2) is 0 Å². The van der Waals surface area contributed by atoms with Crippen LogP contribution in [0, 0.1) is 6.16 Å². The molecule has 0 aliphatic carbocycles. The Morgan fingerprint density at radius 3 is 1.54 bits per heavy atom. The van der Waals surface area contributed by atoms with Gasteiger partial charge in [0.2, 0.25) is 0 Å². The first-order chi connectivity index (χ1) is 11.3. The van der Waals surface area contributed by atoms with Gasteiger partial charge in [-0.05, 0) is 31.8 Å². The molecule has 0 fully saturated rings. The van der Waals surface area contributed by atoms with Crippen LogP contribution in [-0.2, 0) is 0 Å². The Kier molecular flexibility index (Phi) is 6.92. The summed E-state index contributed by atoms with van der Waals surface area (Å²) in [5.41, 5.74) is 1.09. The minimum atomic E-state index is -2.77. The van der Waals surface area contributed by atoms with E-state index >= 15 is 0 Å². The normalized spacial score (nSPS) is 11.0. The second kappa shape index (κ2) is 8.93. The number of rotatable bonds is 5. The van der Waals surface area contributed by atoms with Gasteiger partial charge in [-0.2, -0.15) is 12.2 Å². The smallest absolute Gasteiger partial charge is 0.680 e. The van der Waals surface area contributed by atoms with Crippen LogP contribution in [0.3, 0.4) is 0 Å². The van der Waals surface area contributed by atoms with Crippen LogP contribution in [0.1, 0.15) is 5.56 Å². The number of benzene rings is 3. The summed E-state index contributed by atoms with van der Waals surface area (Å²) in [6.45, 7) is 0. The van der Waals surface area contributed by atoms with Crippen LogP contribution in [0.15, 0.2) is 97.1 Å². The summed E-state index contributed by atoms with van der Waals surface area (Å²) in [6, 6.07) is 29.4. The van der Waals surface area contributed by atoms with E-state index in [1.165, 1.54) is 0 Å². The van der Waals surface area contributed by atoms with Gasteiger partial charge in [0.25, 0.3) is 0 Å². The zero-order chi connectivity index (χ0) is 16.0. The van der Waals surface area contributed by atoms with Crippen molar-refractivity contribution < 1.29 is 23.8 Å². The predicted octanol–water partition coefficient (Wildman–Crippen LogP) is 0.809. The molecule has 114 valence electrons. The van der Waals surface area contributed by atoms with Gasteiger partial charge in [-0.1, -0.05) is 72.9 Å². The number of hydrogen-bond acceptors (Lipinski definition) is 1. The first kappa shape index (κ1) is 18.6. The molecule has 0 amide bonds. The van der Waals surface area contributed by atoms with Gasteiger partial charge in [0.15, 0.2) is 0 Å². The molecule has 0 saturated carbocycles. The molecule has 1 nitrogen and oxygen atoms in total. The fourth-order valence-corrected chi connectivity index (χ4v) is 4.66. The topological polar surface area (TPSA) is 23.1 Å². The van der Waals surface area contributed by atoms with Crippen molar-refractivity contribution in [3.63, 3.8) is 0 Å². The summed E-state index contributed by atoms with van der Waals surface area (Å²) >= 11 is 0. The summed E-state index contributed by atoms with van der Waals surface area (Å²) in [6.07, 6.45) is 5.72. The van der Waals surface area contributed by atoms with Crippen molar-refractivity contribution in [3.8, 4) is 0 Å². The average molecular weight is 324 g/mol. The van der Waals surface area contributed by atoms with Crippen molar-refractivity contribution in [2.45, 2.75) is 0 Å². The average Bonchev–Trinajstić information content (AvgIpc) is 2.64. The zero-order valence-electron chi connectivity index (χ0n) is 13.7. The van der Waals surface area contributed by atoms with E-state index in [2.05, 4.69) is 0 Å². The molecule has 0 atom stereocenters. The zero-order valence-corrected chi connectivity index (χ0v) is 14.6. The van der Waals surface area contributed by atoms with Crippen molar-refractivity contribution in [1.29, 1.82) is 0 Å². The molecule has 0 spiro atoms. The van der Waals surface area contributed by atoms with E-state index in [4.69, 9.17) is 0 Å². The largest absolute Gasteiger partial charge is 1.00 e. The minimum absolute atomic E-state index is 0. The molecule has 0 heterocycles. The molecule has 0 radical (unpaired) electrons. The van der Waals surface area contributed by atoms with Gasteiger partial charge in [0.1, 0.15) is 0 Å². The van der Waals surface area contributed by atoms with E-state index in [1.54, 1.807) is 0 Å². The molecule has 3 rings (SSSR count). The Hall–Kier alpha value is -1.74. The maximum atomic E-state index is 13.7. The van der Waals surface area contributed by atoms with Crippen LogP contribution in [0.4, 0.5) is 0 Å². The summed E-state index contributed by atoms with van der Waals surface area (Å²) < 4.78 is 0. The summed E-state index contributed by atoms with van der Waals surface area (Å²) in [4.78, 5) is 13.7. The van der Waals surface area contributed by atoms with Crippen LogP contribution in [0.2, 0.25) is 0 Å². The fourth-order valence-electron chi connectivity index (χ4n) is 2.46. The van der Waals surface area contributed by atoms with Gasteiger partial charge < -0.3 is 4.89 Å². The molecule has 0 aliphatic heterocycles. The molecule has 0 N–H and O–H groups in total. The Balaban J connectivity index is 0.00000208. The monoisotopic (exact) mass is 324 g/mol. The van der Waals surface area contributed by atoms with E-state index in [-0.39, 0.29) is 18.9 Å². The molecule has 3 heteroatoms. The molecule has 3 aromatic carbocycles. The quantitative estimate of drug-likeness (QED) is 0.387. The Bertz CT molecular complexity index is 718. The van der Waals surface area contributed by atoms with Gasteiger partial charge in [-0.15, -0.1) is 5.56 Å². The van der Waals surface area contributed by atoms with Crippen molar-refractivity contribution in [2.75, 3.05) is 0 Å². The van der Waals surface area contributed by atoms with Crippen LogP contribution in [0.5, 0.6) is 0 Å². The maximum Gasteiger partial charge on any atom is 1.00 e. The molecule has 0 aromatic heterocycles. The van der Waals surface area contributed by atoms with Crippen molar-refractivity contribution >= 4 is 24.2 Å². The predicted molar refractivity (Wildman–Crippen MR) is 98.8 cm³/mol. The van der Waals surface area contributed by atoms with Crippen molar-refractivity contribution in [2.24, 2.45) is 0 Å². The van der Waals surface area contributed by atoms with Crippen LogP contribution in [-0.4, -0.2) is 0 Å². The molecule has 0 saturated heterocycles. The fraction of sp³-hybridized carbons (Fsp3) is 0. The van der Waals surface area contributed by atoms with Gasteiger partial charge in [-0.3, -0.25) is 0 Å². The van der Waals surface area contributed by atoms with E-state index in [1.807, 2.05) is 109 Å². The molecule has 0 unspecified atom stereocenters. The maximum absolute atomic E-state index is 13.7. The van der Waals surface area contributed by atoms with Gasteiger partial charge in [0, 0.05) is 0 Å². The molecule has 24 heavy (non-hydrogen) atoms. The van der Waals surface area contributed by atoms with Crippen LogP contribution >= 0.6 is 7.49 Å². The van der Waals surface area contributed by atoms with E-state index in [9.17, 15) is 4.89 Å². The van der Waals surface area contributed by atoms with Crippen LogP contribution < -0.4 is 34.4 Å². The van der Waals surface area contributed by atoms with E-state index < -0.39 is 7.49 Å². The first-order valence-electron chi connectivity index (χ1n) is 7.58. The molecular weight excluding hydrogens is 306 g/mol. The first-order valence-corrected chi connectivity index (χ1v) is 9.35. The summed E-state index contributed by atoms with van der Waals surface area (Å²) in [5.74, 6) is 0. The Morgan fingerprint density at radius 1 is 0.667 bits per heavy atom. The standard InChI is InChI=1S/C21H18OP.Li/c22-23(20-14-6-2-7-15-20,21-16-8-3-9-17-21)18-10-13-19-11-4-1-5-12-19;/h1-18H;/q-1;+1/b13-10+;. The molecule has 3 aromatic rings. The Morgan fingerprint density at radius 2 is 1.08 bits per heavy atom. The summed E-state index contributed by atoms with van der Waals surface area (Å²) in [5, 5.41) is 1.70. The Labute approximate surface area is 156 Å². The minimum Gasteiger partial charge on any atom is -0.680 e. The van der Waals surface area contributed by atoms with Crippen LogP contribution in [0.25, 0.3) is 6.08 Å². The third-order valence-corrected chi connectivity index (χ3v) is 6.39. The SMILES string of the molecule is [Li+].[O-][P+]([CH-]/C=C/c1ccccc1)(c1ccccc1)c1ccccc1. The number of allylic oxidation sites excluding steroid dienone is 1. The summed E-state index contributed by atoms with van der Waals surface area (Å²) in [7, 11) is -2.77. The molecular formula is C21H18LiOP. The van der Waals surface area contributed by atoms with E-state index in [0.29, 0.717) is 0 Å². The van der Waals surface area contributed by atoms with Crippen molar-refractivity contribution in [1.82, 2.24) is 0 Å². The van der Waals surface area contributed by atoms with Crippen molar-refractivity contribution in [3.05, 3.63) is 109 Å². The number of hydrogen-bond donors (Lipinski definition) is 0.